The lowest BCUT2D eigenvalue weighted by Crippen LogP contribution is -2.26. The summed E-state index contributed by atoms with van der Waals surface area (Å²) < 4.78 is 5.69. The second-order valence-corrected chi connectivity index (χ2v) is 12.9. The molecule has 0 heterocycles. The first-order chi connectivity index (χ1) is 21.8. The van der Waals surface area contributed by atoms with Gasteiger partial charge in [0, 0.05) is 35.6 Å². The van der Waals surface area contributed by atoms with Crippen molar-refractivity contribution in [3.8, 4) is 0 Å². The quantitative estimate of drug-likeness (QED) is 0.116. The van der Waals surface area contributed by atoms with Crippen molar-refractivity contribution < 1.29 is 19.1 Å². The molecule has 2 aromatic carbocycles. The van der Waals surface area contributed by atoms with E-state index in [1.54, 1.807) is 18.2 Å². The zero-order valence-corrected chi connectivity index (χ0v) is 28.9. The average Bonchev–Trinajstić information content (AvgIpc) is 3.07. The summed E-state index contributed by atoms with van der Waals surface area (Å²) in [5.41, 5.74) is 3.14. The van der Waals surface area contributed by atoms with Crippen LogP contribution in [0, 0.1) is 17.8 Å². The molecule has 45 heavy (non-hydrogen) atoms. The lowest BCUT2D eigenvalue weighted by molar-refractivity contribution is 0.0428. The summed E-state index contributed by atoms with van der Waals surface area (Å²) in [7, 11) is 0. The first-order valence-corrected chi connectivity index (χ1v) is 17.9. The van der Waals surface area contributed by atoms with E-state index < -0.39 is 5.97 Å². The predicted octanol–water partition coefficient (Wildman–Crippen LogP) is 10.1. The van der Waals surface area contributed by atoms with Gasteiger partial charge in [0.1, 0.15) is 0 Å². The molecule has 248 valence electrons. The van der Waals surface area contributed by atoms with Crippen LogP contribution >= 0.6 is 0 Å². The number of carbonyl (C=O) groups excluding carboxylic acids is 3. The summed E-state index contributed by atoms with van der Waals surface area (Å²) in [5, 5.41) is 7.09. The second kappa shape index (κ2) is 18.7. The number of carbonyl (C=O) groups is 3. The summed E-state index contributed by atoms with van der Waals surface area (Å²) in [4.78, 5) is 41.5. The van der Waals surface area contributed by atoms with Crippen molar-refractivity contribution in [1.82, 2.24) is 0 Å². The average molecular weight is 619 g/mol. The number of ketones is 2. The smallest absolute Gasteiger partial charge is 0.338 e. The van der Waals surface area contributed by atoms with E-state index in [4.69, 9.17) is 4.74 Å². The van der Waals surface area contributed by atoms with Crippen LogP contribution in [0.5, 0.6) is 0 Å². The Morgan fingerprint density at radius 1 is 0.644 bits per heavy atom. The molecule has 3 atom stereocenters. The molecule has 3 rings (SSSR count). The van der Waals surface area contributed by atoms with Crippen LogP contribution in [0.2, 0.25) is 0 Å². The van der Waals surface area contributed by atoms with Crippen LogP contribution in [0.3, 0.4) is 0 Å². The first-order valence-electron chi connectivity index (χ1n) is 17.9. The molecule has 6 heteroatoms. The number of nitrogens with one attached hydrogen (secondary N) is 2. The molecule has 0 amide bonds. The molecule has 1 aliphatic carbocycles. The summed E-state index contributed by atoms with van der Waals surface area (Å²) >= 11 is 0. The van der Waals surface area contributed by atoms with Gasteiger partial charge >= 0.3 is 5.97 Å². The molecule has 0 aliphatic heterocycles. The Balaban J connectivity index is 1.95. The molecule has 3 unspecified atom stereocenters. The number of benzene rings is 2. The van der Waals surface area contributed by atoms with E-state index >= 15 is 0 Å². The van der Waals surface area contributed by atoms with Crippen LogP contribution in [0.25, 0.3) is 0 Å². The van der Waals surface area contributed by atoms with Crippen LogP contribution in [-0.4, -0.2) is 37.2 Å². The third kappa shape index (κ3) is 9.67. The molecule has 0 saturated heterocycles. The number of hydrogen-bond acceptors (Lipinski definition) is 6. The molecule has 0 aromatic heterocycles. The molecular formula is C39H58N2O4. The van der Waals surface area contributed by atoms with Crippen molar-refractivity contribution in [3.63, 3.8) is 0 Å². The fourth-order valence-corrected chi connectivity index (χ4v) is 6.27. The van der Waals surface area contributed by atoms with E-state index in [0.717, 1.165) is 77.3 Å². The van der Waals surface area contributed by atoms with E-state index in [1.165, 1.54) is 12.8 Å². The Labute approximate surface area is 272 Å². The highest BCUT2D eigenvalue weighted by Crippen LogP contribution is 2.37. The fraction of sp³-hybridized carbons (Fsp3) is 0.615. The number of esters is 1. The van der Waals surface area contributed by atoms with Crippen molar-refractivity contribution in [2.75, 3.05) is 30.3 Å². The molecule has 6 nitrogen and oxygen atoms in total. The van der Waals surface area contributed by atoms with E-state index in [9.17, 15) is 14.4 Å². The molecule has 2 aromatic rings. The maximum absolute atomic E-state index is 14.3. The van der Waals surface area contributed by atoms with Crippen LogP contribution in [0.4, 0.5) is 11.4 Å². The Hall–Kier alpha value is -3.15. The number of rotatable bonds is 21. The molecule has 0 fully saturated rings. The standard InChI is InChI=1S/C39H58N2O4/c1-7-13-16-27(10-4)24-40-33-21-22-34(41-25-28(11-5)17-14-8-2)36-35(33)37(42)31-20-19-30(23-32(31)38(36)43)39(44)45-26-29(12-6)18-15-9-3/h19-23,27-29,40-41H,7-18,24-26H2,1-6H3. The molecular weight excluding hydrogens is 560 g/mol. The summed E-state index contributed by atoms with van der Waals surface area (Å²) in [6.07, 6.45) is 13.2. The fourth-order valence-electron chi connectivity index (χ4n) is 6.27. The largest absolute Gasteiger partial charge is 0.462 e. The van der Waals surface area contributed by atoms with Crippen LogP contribution in [0.1, 0.15) is 161 Å². The van der Waals surface area contributed by atoms with Gasteiger partial charge in [0.15, 0.2) is 11.6 Å². The van der Waals surface area contributed by atoms with Crippen molar-refractivity contribution in [1.29, 1.82) is 0 Å². The van der Waals surface area contributed by atoms with Gasteiger partial charge in [-0.1, -0.05) is 99.3 Å². The van der Waals surface area contributed by atoms with E-state index in [2.05, 4.69) is 52.2 Å². The highest BCUT2D eigenvalue weighted by molar-refractivity contribution is 6.32. The van der Waals surface area contributed by atoms with Crippen molar-refractivity contribution in [2.45, 2.75) is 119 Å². The van der Waals surface area contributed by atoms with Crippen molar-refractivity contribution >= 4 is 28.9 Å². The predicted molar refractivity (Wildman–Crippen MR) is 187 cm³/mol. The Morgan fingerprint density at radius 3 is 1.58 bits per heavy atom. The molecule has 0 spiro atoms. The van der Waals surface area contributed by atoms with E-state index in [-0.39, 0.29) is 17.1 Å². The van der Waals surface area contributed by atoms with E-state index in [0.29, 0.717) is 58.0 Å². The van der Waals surface area contributed by atoms with Gasteiger partial charge in [-0.3, -0.25) is 9.59 Å². The van der Waals surface area contributed by atoms with E-state index in [1.807, 2.05) is 12.1 Å². The lowest BCUT2D eigenvalue weighted by Gasteiger charge is -2.26. The monoisotopic (exact) mass is 618 g/mol. The Kier molecular flexibility index (Phi) is 15.1. The van der Waals surface area contributed by atoms with Crippen LogP contribution in [0.15, 0.2) is 30.3 Å². The first kappa shape index (κ1) is 36.3. The number of fused-ring (bicyclic) bond motifs is 2. The Bertz CT molecular complexity index is 1270. The number of ether oxygens (including phenoxy) is 1. The summed E-state index contributed by atoms with van der Waals surface area (Å²) in [6.45, 7) is 14.9. The van der Waals surface area contributed by atoms with Gasteiger partial charge in [0.05, 0.1) is 23.3 Å². The number of unbranched alkanes of at least 4 members (excludes halogenated alkanes) is 3. The van der Waals surface area contributed by atoms with Gasteiger partial charge in [-0.05, 0) is 67.3 Å². The molecule has 2 N–H and O–H groups in total. The van der Waals surface area contributed by atoms with Gasteiger partial charge in [-0.2, -0.15) is 0 Å². The summed E-state index contributed by atoms with van der Waals surface area (Å²) in [5.74, 6) is 0.429. The normalized spacial score (nSPS) is 14.4. The minimum Gasteiger partial charge on any atom is -0.462 e. The number of hydrogen-bond donors (Lipinski definition) is 2. The maximum atomic E-state index is 14.3. The molecule has 0 radical (unpaired) electrons. The zero-order valence-electron chi connectivity index (χ0n) is 28.9. The molecule has 0 saturated carbocycles. The SMILES string of the molecule is CCCCC(CC)CNc1ccc(NCC(CC)CCCC)c2c1C(=O)c1ccc(C(=O)OCC(CC)CCCC)cc1C2=O. The third-order valence-electron chi connectivity index (χ3n) is 9.65. The van der Waals surface area contributed by atoms with Gasteiger partial charge in [-0.15, -0.1) is 0 Å². The molecule has 0 bridgehead atoms. The minimum atomic E-state index is -0.452. The minimum absolute atomic E-state index is 0.184. The maximum Gasteiger partial charge on any atom is 0.338 e. The Morgan fingerprint density at radius 2 is 1.11 bits per heavy atom. The molecule has 1 aliphatic rings. The lowest BCUT2D eigenvalue weighted by atomic mass is 9.81. The highest BCUT2D eigenvalue weighted by Gasteiger charge is 2.35. The van der Waals surface area contributed by atoms with Gasteiger partial charge < -0.3 is 15.4 Å². The second-order valence-electron chi connectivity index (χ2n) is 12.9. The van der Waals surface area contributed by atoms with Gasteiger partial charge in [-0.25, -0.2) is 4.79 Å². The third-order valence-corrected chi connectivity index (χ3v) is 9.65. The topological polar surface area (TPSA) is 84.5 Å². The van der Waals surface area contributed by atoms with Crippen LogP contribution < -0.4 is 10.6 Å². The number of anilines is 2. The zero-order chi connectivity index (χ0) is 32.8. The van der Waals surface area contributed by atoms with Gasteiger partial charge in [0.2, 0.25) is 0 Å². The van der Waals surface area contributed by atoms with Gasteiger partial charge in [0.25, 0.3) is 0 Å². The summed E-state index contributed by atoms with van der Waals surface area (Å²) in [6, 6.07) is 8.70. The van der Waals surface area contributed by atoms with Crippen molar-refractivity contribution in [2.24, 2.45) is 17.8 Å². The van der Waals surface area contributed by atoms with Crippen LogP contribution in [-0.2, 0) is 4.74 Å². The highest BCUT2D eigenvalue weighted by atomic mass is 16.5. The van der Waals surface area contributed by atoms with Crippen molar-refractivity contribution in [3.05, 3.63) is 58.1 Å².